The molecule has 0 bridgehead atoms. The number of halogens is 1. The number of piperidine rings is 1. The summed E-state index contributed by atoms with van der Waals surface area (Å²) in [4.78, 5) is 19.6. The monoisotopic (exact) mass is 440 g/mol. The lowest BCUT2D eigenvalue weighted by Crippen LogP contribution is -2.51. The maximum atomic E-state index is 12.7. The standard InChI is InChI=1S/C22H25ClN6O2/c1-28-21(9-11-25-28)29-12-10-20(18(14-29)19-8-7-17(31-2)13-24-19)27-22(30)26-16-5-3-15(23)4-6-16/h3-9,11,13,18,20H,10,12,14H2,1-2H3,(H2,26,27,30). The van der Waals surface area contributed by atoms with E-state index in [-0.39, 0.29) is 18.0 Å². The van der Waals surface area contributed by atoms with Crippen molar-refractivity contribution in [1.29, 1.82) is 0 Å². The van der Waals surface area contributed by atoms with Crippen LogP contribution in [0.15, 0.2) is 54.9 Å². The molecule has 0 radical (unpaired) electrons. The van der Waals surface area contributed by atoms with Crippen LogP contribution in [0, 0.1) is 0 Å². The molecule has 2 unspecified atom stereocenters. The van der Waals surface area contributed by atoms with Crippen molar-refractivity contribution in [2.45, 2.75) is 18.4 Å². The zero-order valence-corrected chi connectivity index (χ0v) is 18.2. The van der Waals surface area contributed by atoms with Crippen LogP contribution in [0.5, 0.6) is 5.75 Å². The second-order valence-corrected chi connectivity index (χ2v) is 7.93. The maximum Gasteiger partial charge on any atom is 0.319 e. The van der Waals surface area contributed by atoms with E-state index in [1.54, 1.807) is 43.8 Å². The average Bonchev–Trinajstić information content (AvgIpc) is 3.21. The Bertz CT molecular complexity index is 1020. The number of hydrogen-bond acceptors (Lipinski definition) is 5. The van der Waals surface area contributed by atoms with Gasteiger partial charge in [0.1, 0.15) is 11.6 Å². The summed E-state index contributed by atoms with van der Waals surface area (Å²) in [5, 5.41) is 10.9. The molecule has 3 aromatic rings. The van der Waals surface area contributed by atoms with Gasteiger partial charge in [0.05, 0.1) is 19.5 Å². The molecule has 1 fully saturated rings. The first-order chi connectivity index (χ1) is 15.0. The van der Waals surface area contributed by atoms with E-state index in [9.17, 15) is 4.79 Å². The lowest BCUT2D eigenvalue weighted by Gasteiger charge is -2.39. The number of methoxy groups -OCH3 is 1. The third-order valence-corrected chi connectivity index (χ3v) is 5.78. The van der Waals surface area contributed by atoms with Crippen LogP contribution in [0.25, 0.3) is 0 Å². The first-order valence-electron chi connectivity index (χ1n) is 10.1. The van der Waals surface area contributed by atoms with Crippen molar-refractivity contribution in [3.63, 3.8) is 0 Å². The molecule has 4 rings (SSSR count). The van der Waals surface area contributed by atoms with E-state index in [0.29, 0.717) is 23.0 Å². The second-order valence-electron chi connectivity index (χ2n) is 7.49. The summed E-state index contributed by atoms with van der Waals surface area (Å²) in [6.07, 6.45) is 4.28. The number of rotatable bonds is 5. The highest BCUT2D eigenvalue weighted by molar-refractivity contribution is 6.30. The van der Waals surface area contributed by atoms with Crippen LogP contribution < -0.4 is 20.3 Å². The highest BCUT2D eigenvalue weighted by Gasteiger charge is 2.33. The van der Waals surface area contributed by atoms with Crippen LogP contribution >= 0.6 is 11.6 Å². The molecule has 1 aliphatic heterocycles. The van der Waals surface area contributed by atoms with Crippen molar-refractivity contribution < 1.29 is 9.53 Å². The van der Waals surface area contributed by atoms with E-state index < -0.39 is 0 Å². The number of carbonyl (C=O) groups excluding carboxylic acids is 1. The predicted octanol–water partition coefficient (Wildman–Crippen LogP) is 3.66. The van der Waals surface area contributed by atoms with Crippen LogP contribution in [-0.2, 0) is 7.05 Å². The quantitative estimate of drug-likeness (QED) is 0.632. The van der Waals surface area contributed by atoms with E-state index in [1.807, 2.05) is 29.9 Å². The summed E-state index contributed by atoms with van der Waals surface area (Å²) in [6.45, 7) is 1.52. The number of amides is 2. The number of aryl methyl sites for hydroxylation is 1. The van der Waals surface area contributed by atoms with Crippen LogP contribution in [0.4, 0.5) is 16.3 Å². The van der Waals surface area contributed by atoms with Gasteiger partial charge in [-0.1, -0.05) is 11.6 Å². The number of pyridine rings is 1. The van der Waals surface area contributed by atoms with E-state index in [2.05, 4.69) is 25.6 Å². The Balaban J connectivity index is 1.52. The van der Waals surface area contributed by atoms with Crippen molar-refractivity contribution in [1.82, 2.24) is 20.1 Å². The van der Waals surface area contributed by atoms with Gasteiger partial charge in [0, 0.05) is 54.6 Å². The van der Waals surface area contributed by atoms with E-state index in [4.69, 9.17) is 16.3 Å². The number of nitrogens with zero attached hydrogens (tertiary/aromatic N) is 4. The predicted molar refractivity (Wildman–Crippen MR) is 121 cm³/mol. The van der Waals surface area contributed by atoms with Gasteiger partial charge in [0.25, 0.3) is 0 Å². The first-order valence-corrected chi connectivity index (χ1v) is 10.5. The smallest absolute Gasteiger partial charge is 0.319 e. The molecule has 0 saturated carbocycles. The third kappa shape index (κ3) is 4.91. The van der Waals surface area contributed by atoms with Gasteiger partial charge in [0.15, 0.2) is 0 Å². The first kappa shape index (κ1) is 21.0. The molecule has 3 heterocycles. The normalized spacial score (nSPS) is 18.5. The third-order valence-electron chi connectivity index (χ3n) is 5.53. The Morgan fingerprint density at radius 1 is 1.19 bits per heavy atom. The number of hydrogen-bond donors (Lipinski definition) is 2. The molecule has 1 aromatic carbocycles. The molecule has 2 N–H and O–H groups in total. The maximum absolute atomic E-state index is 12.7. The molecule has 8 nitrogen and oxygen atoms in total. The van der Waals surface area contributed by atoms with Crippen molar-refractivity contribution in [3.8, 4) is 5.75 Å². The van der Waals surface area contributed by atoms with Gasteiger partial charge >= 0.3 is 6.03 Å². The number of aromatic nitrogens is 3. The minimum atomic E-state index is -0.250. The summed E-state index contributed by atoms with van der Waals surface area (Å²) >= 11 is 5.92. The fraction of sp³-hybridized carbons (Fsp3) is 0.318. The highest BCUT2D eigenvalue weighted by Crippen LogP contribution is 2.30. The zero-order chi connectivity index (χ0) is 21.8. The number of urea groups is 1. The molecule has 2 atom stereocenters. The van der Waals surface area contributed by atoms with E-state index in [0.717, 1.165) is 24.5 Å². The Morgan fingerprint density at radius 3 is 2.65 bits per heavy atom. The SMILES string of the molecule is COc1ccc(C2CN(c3ccnn3C)CCC2NC(=O)Nc2ccc(Cl)cc2)nc1. The van der Waals surface area contributed by atoms with Crippen LogP contribution in [0.1, 0.15) is 18.0 Å². The molecule has 2 aromatic heterocycles. The van der Waals surface area contributed by atoms with Crippen molar-refractivity contribution in [2.24, 2.45) is 7.05 Å². The van der Waals surface area contributed by atoms with Gasteiger partial charge in [-0.2, -0.15) is 5.10 Å². The molecule has 31 heavy (non-hydrogen) atoms. The van der Waals surface area contributed by atoms with Crippen molar-refractivity contribution in [2.75, 3.05) is 30.4 Å². The molecular formula is C22H25ClN6O2. The average molecular weight is 441 g/mol. The molecular weight excluding hydrogens is 416 g/mol. The summed E-state index contributed by atoms with van der Waals surface area (Å²) in [7, 11) is 3.55. The van der Waals surface area contributed by atoms with Crippen molar-refractivity contribution in [3.05, 3.63) is 65.6 Å². The highest BCUT2D eigenvalue weighted by atomic mass is 35.5. The Hall–Kier alpha value is -3.26. The van der Waals surface area contributed by atoms with Gasteiger partial charge in [-0.25, -0.2) is 4.79 Å². The largest absolute Gasteiger partial charge is 0.495 e. The fourth-order valence-electron chi connectivity index (χ4n) is 3.91. The summed E-state index contributed by atoms with van der Waals surface area (Å²) in [5.74, 6) is 1.75. The van der Waals surface area contributed by atoms with Gasteiger partial charge in [0.2, 0.25) is 0 Å². The van der Waals surface area contributed by atoms with E-state index >= 15 is 0 Å². The molecule has 1 aliphatic rings. The second kappa shape index (κ2) is 9.26. The lowest BCUT2D eigenvalue weighted by atomic mass is 9.88. The topological polar surface area (TPSA) is 84.3 Å². The van der Waals surface area contributed by atoms with Gasteiger partial charge in [-0.05, 0) is 42.8 Å². The number of benzene rings is 1. The number of carbonyl (C=O) groups is 1. The number of anilines is 2. The Morgan fingerprint density at radius 2 is 2.00 bits per heavy atom. The van der Waals surface area contributed by atoms with Crippen LogP contribution in [-0.4, -0.2) is 47.0 Å². The van der Waals surface area contributed by atoms with Gasteiger partial charge < -0.3 is 20.3 Å². The van der Waals surface area contributed by atoms with E-state index in [1.165, 1.54) is 0 Å². The Labute approximate surface area is 186 Å². The molecule has 2 amide bonds. The molecule has 9 heteroatoms. The summed E-state index contributed by atoms with van der Waals surface area (Å²) in [6, 6.07) is 12.6. The summed E-state index contributed by atoms with van der Waals surface area (Å²) < 4.78 is 7.11. The summed E-state index contributed by atoms with van der Waals surface area (Å²) in [5.41, 5.74) is 1.60. The van der Waals surface area contributed by atoms with Crippen molar-refractivity contribution >= 4 is 29.1 Å². The Kier molecular flexibility index (Phi) is 6.27. The molecule has 0 aliphatic carbocycles. The molecule has 0 spiro atoms. The fourth-order valence-corrected chi connectivity index (χ4v) is 4.04. The minimum absolute atomic E-state index is 0.00511. The number of ether oxygens (including phenoxy) is 1. The molecule has 162 valence electrons. The van der Waals surface area contributed by atoms with Crippen LogP contribution in [0.3, 0.4) is 0 Å². The van der Waals surface area contributed by atoms with Crippen LogP contribution in [0.2, 0.25) is 5.02 Å². The van der Waals surface area contributed by atoms with Gasteiger partial charge in [-0.15, -0.1) is 0 Å². The zero-order valence-electron chi connectivity index (χ0n) is 17.5. The lowest BCUT2D eigenvalue weighted by molar-refractivity contribution is 0.243. The van der Waals surface area contributed by atoms with Gasteiger partial charge in [-0.3, -0.25) is 9.67 Å². The molecule has 1 saturated heterocycles. The number of nitrogens with one attached hydrogen (secondary N) is 2. The minimum Gasteiger partial charge on any atom is -0.495 e.